The quantitative estimate of drug-likeness (QED) is 0.874. The lowest BCUT2D eigenvalue weighted by atomic mass is 9.94. The summed E-state index contributed by atoms with van der Waals surface area (Å²) in [7, 11) is 0. The van der Waals surface area contributed by atoms with E-state index in [4.69, 9.17) is 9.47 Å². The average Bonchev–Trinajstić information content (AvgIpc) is 3.26. The highest BCUT2D eigenvalue weighted by Gasteiger charge is 2.45. The van der Waals surface area contributed by atoms with E-state index in [9.17, 15) is 9.65 Å². The van der Waals surface area contributed by atoms with Crippen LogP contribution in [0.25, 0.3) is 0 Å². The fraction of sp³-hybridized carbons (Fsp3) is 0.429. The predicted octanol–water partition coefficient (Wildman–Crippen LogP) is 3.66. The fourth-order valence-electron chi connectivity index (χ4n) is 3.93. The van der Waals surface area contributed by atoms with Gasteiger partial charge < -0.3 is 9.47 Å². The van der Waals surface area contributed by atoms with E-state index in [1.54, 1.807) is 24.5 Å². The first kappa shape index (κ1) is 18.1. The molecule has 2 aliphatic rings. The third-order valence-electron chi connectivity index (χ3n) is 5.42. The van der Waals surface area contributed by atoms with Gasteiger partial charge in [-0.3, -0.25) is 10.3 Å². The Bertz CT molecular complexity index is 794. The van der Waals surface area contributed by atoms with Crippen LogP contribution in [-0.4, -0.2) is 23.4 Å². The molecule has 1 aromatic carbocycles. The zero-order valence-electron chi connectivity index (χ0n) is 15.1. The van der Waals surface area contributed by atoms with E-state index < -0.39 is 6.04 Å². The van der Waals surface area contributed by atoms with Crippen LogP contribution < -0.4 is 5.32 Å². The zero-order valence-corrected chi connectivity index (χ0v) is 15.1. The van der Waals surface area contributed by atoms with Crippen molar-refractivity contribution in [3.8, 4) is 6.07 Å². The molecular weight excluding hydrogens is 345 g/mol. The Morgan fingerprint density at radius 2 is 2.04 bits per heavy atom. The number of halogens is 1. The summed E-state index contributed by atoms with van der Waals surface area (Å²) in [5.74, 6) is 0.0713. The van der Waals surface area contributed by atoms with Crippen molar-refractivity contribution in [3.05, 3.63) is 65.7 Å². The number of pyridine rings is 1. The molecule has 2 saturated heterocycles. The van der Waals surface area contributed by atoms with Gasteiger partial charge in [-0.15, -0.1) is 0 Å². The molecule has 4 rings (SSSR count). The Labute approximate surface area is 158 Å². The summed E-state index contributed by atoms with van der Waals surface area (Å²) in [4.78, 5) is 4.08. The Kier molecular flexibility index (Phi) is 5.17. The standard InChI is InChI=1S/C21H22FN3O2/c1-13(25-18(11-23)15-3-2-8-24-12-15)19-9-16-10-20(27-21(16)26-19)14-4-6-17(22)7-5-14/h2-8,12-13,16,18-21,25H,9-10H2,1H3. The molecule has 2 aliphatic heterocycles. The van der Waals surface area contributed by atoms with Crippen molar-refractivity contribution in [1.29, 1.82) is 5.26 Å². The van der Waals surface area contributed by atoms with Crippen LogP contribution in [0.2, 0.25) is 0 Å². The number of hydrogen-bond acceptors (Lipinski definition) is 5. The summed E-state index contributed by atoms with van der Waals surface area (Å²) < 4.78 is 25.3. The molecule has 1 aromatic heterocycles. The number of nitrogens with zero attached hydrogens (tertiary/aromatic N) is 2. The molecule has 0 saturated carbocycles. The highest BCUT2D eigenvalue weighted by Crippen LogP contribution is 2.45. The lowest BCUT2D eigenvalue weighted by Gasteiger charge is -2.25. The van der Waals surface area contributed by atoms with Gasteiger partial charge in [0, 0.05) is 29.9 Å². The summed E-state index contributed by atoms with van der Waals surface area (Å²) in [5.41, 5.74) is 1.83. The maximum absolute atomic E-state index is 13.1. The molecule has 140 valence electrons. The minimum Gasteiger partial charge on any atom is -0.347 e. The maximum Gasteiger partial charge on any atom is 0.161 e. The Morgan fingerprint density at radius 3 is 2.70 bits per heavy atom. The number of aromatic nitrogens is 1. The average molecular weight is 367 g/mol. The minimum absolute atomic E-state index is 0.00771. The van der Waals surface area contributed by atoms with Gasteiger partial charge in [0.25, 0.3) is 0 Å². The molecule has 1 N–H and O–H groups in total. The topological polar surface area (TPSA) is 67.2 Å². The molecule has 2 fully saturated rings. The van der Waals surface area contributed by atoms with Gasteiger partial charge in [0.2, 0.25) is 0 Å². The van der Waals surface area contributed by atoms with Gasteiger partial charge in [0.15, 0.2) is 6.29 Å². The number of benzene rings is 1. The van der Waals surface area contributed by atoms with Crippen molar-refractivity contribution < 1.29 is 13.9 Å². The van der Waals surface area contributed by atoms with Gasteiger partial charge in [-0.2, -0.15) is 5.26 Å². The smallest absolute Gasteiger partial charge is 0.161 e. The summed E-state index contributed by atoms with van der Waals surface area (Å²) in [6.07, 6.45) is 4.83. The van der Waals surface area contributed by atoms with Crippen LogP contribution in [0.5, 0.6) is 0 Å². The normalized spacial score (nSPS) is 29.1. The van der Waals surface area contributed by atoms with E-state index in [1.807, 2.05) is 19.1 Å². The van der Waals surface area contributed by atoms with E-state index in [-0.39, 0.29) is 30.4 Å². The van der Waals surface area contributed by atoms with Crippen LogP contribution in [0.15, 0.2) is 48.8 Å². The number of fused-ring (bicyclic) bond motifs is 1. The number of rotatable bonds is 5. The molecule has 0 radical (unpaired) electrons. The van der Waals surface area contributed by atoms with Gasteiger partial charge in [-0.25, -0.2) is 4.39 Å². The molecule has 3 heterocycles. The lowest BCUT2D eigenvalue weighted by molar-refractivity contribution is -0.144. The van der Waals surface area contributed by atoms with Crippen molar-refractivity contribution in [1.82, 2.24) is 10.3 Å². The molecule has 6 atom stereocenters. The monoisotopic (exact) mass is 367 g/mol. The van der Waals surface area contributed by atoms with Gasteiger partial charge in [0.1, 0.15) is 11.9 Å². The molecule has 27 heavy (non-hydrogen) atoms. The van der Waals surface area contributed by atoms with Crippen LogP contribution in [0.1, 0.15) is 43.0 Å². The van der Waals surface area contributed by atoms with E-state index in [2.05, 4.69) is 16.4 Å². The van der Waals surface area contributed by atoms with Crippen molar-refractivity contribution >= 4 is 0 Å². The predicted molar refractivity (Wildman–Crippen MR) is 96.8 cm³/mol. The van der Waals surface area contributed by atoms with Crippen LogP contribution in [0.4, 0.5) is 4.39 Å². The van der Waals surface area contributed by atoms with Crippen molar-refractivity contribution in [3.63, 3.8) is 0 Å². The Hall–Kier alpha value is -2.33. The second kappa shape index (κ2) is 7.73. The second-order valence-corrected chi connectivity index (χ2v) is 7.25. The molecule has 5 nitrogen and oxygen atoms in total. The molecule has 0 amide bonds. The fourth-order valence-corrected chi connectivity index (χ4v) is 3.93. The summed E-state index contributed by atoms with van der Waals surface area (Å²) in [6.45, 7) is 2.03. The van der Waals surface area contributed by atoms with E-state index >= 15 is 0 Å². The SMILES string of the molecule is CC(NC(C#N)c1cccnc1)C1CC2CC(c3ccc(F)cc3)OC2O1. The second-order valence-electron chi connectivity index (χ2n) is 7.25. The summed E-state index contributed by atoms with van der Waals surface area (Å²) in [5, 5.41) is 12.8. The Balaban J connectivity index is 1.34. The number of hydrogen-bond donors (Lipinski definition) is 1. The number of ether oxygens (including phenoxy) is 2. The van der Waals surface area contributed by atoms with Crippen LogP contribution in [0.3, 0.4) is 0 Å². The first-order chi connectivity index (χ1) is 13.1. The number of nitrogens with one attached hydrogen (secondary N) is 1. The highest BCUT2D eigenvalue weighted by atomic mass is 19.1. The van der Waals surface area contributed by atoms with E-state index in [0.717, 1.165) is 24.0 Å². The molecular formula is C21H22FN3O2. The van der Waals surface area contributed by atoms with Gasteiger partial charge in [-0.1, -0.05) is 18.2 Å². The van der Waals surface area contributed by atoms with Gasteiger partial charge >= 0.3 is 0 Å². The van der Waals surface area contributed by atoms with Crippen molar-refractivity contribution in [2.75, 3.05) is 0 Å². The lowest BCUT2D eigenvalue weighted by Crippen LogP contribution is -2.39. The molecule has 6 heteroatoms. The van der Waals surface area contributed by atoms with Gasteiger partial charge in [0.05, 0.1) is 18.3 Å². The first-order valence-corrected chi connectivity index (χ1v) is 9.26. The minimum atomic E-state index is -0.425. The first-order valence-electron chi connectivity index (χ1n) is 9.26. The highest BCUT2D eigenvalue weighted by molar-refractivity contribution is 5.21. The van der Waals surface area contributed by atoms with Crippen molar-refractivity contribution in [2.24, 2.45) is 5.92 Å². The molecule has 0 bridgehead atoms. The largest absolute Gasteiger partial charge is 0.347 e. The summed E-state index contributed by atoms with van der Waals surface area (Å²) >= 11 is 0. The molecule has 0 spiro atoms. The summed E-state index contributed by atoms with van der Waals surface area (Å²) in [6, 6.07) is 12.1. The van der Waals surface area contributed by atoms with Crippen LogP contribution in [-0.2, 0) is 9.47 Å². The van der Waals surface area contributed by atoms with E-state index in [0.29, 0.717) is 5.92 Å². The molecule has 0 aliphatic carbocycles. The third-order valence-corrected chi connectivity index (χ3v) is 5.42. The zero-order chi connectivity index (χ0) is 18.8. The number of nitriles is 1. The van der Waals surface area contributed by atoms with Gasteiger partial charge in [-0.05, 0) is 43.5 Å². The van der Waals surface area contributed by atoms with E-state index in [1.165, 1.54) is 12.1 Å². The van der Waals surface area contributed by atoms with Crippen LogP contribution in [0, 0.1) is 23.1 Å². The Morgan fingerprint density at radius 1 is 1.22 bits per heavy atom. The molecule has 2 aromatic rings. The third kappa shape index (κ3) is 3.86. The van der Waals surface area contributed by atoms with Crippen LogP contribution >= 0.6 is 0 Å². The van der Waals surface area contributed by atoms with Crippen molar-refractivity contribution in [2.45, 2.75) is 50.3 Å². The molecule has 6 unspecified atom stereocenters. The maximum atomic E-state index is 13.1.